The smallest absolute Gasteiger partial charge is 0.352 e. The molecule has 0 spiro atoms. The first-order valence-electron chi connectivity index (χ1n) is 11.4. The van der Waals surface area contributed by atoms with E-state index in [1.54, 1.807) is 24.6 Å². The van der Waals surface area contributed by atoms with Crippen LogP contribution in [0.25, 0.3) is 0 Å². The van der Waals surface area contributed by atoms with Gasteiger partial charge in [0.05, 0.1) is 0 Å². The fraction of sp³-hybridized carbons (Fsp3) is 0.476. The van der Waals surface area contributed by atoms with Crippen LogP contribution in [0, 0.1) is 0 Å². The van der Waals surface area contributed by atoms with Gasteiger partial charge in [0.25, 0.3) is 5.91 Å². The maximum Gasteiger partial charge on any atom is 0.352 e. The summed E-state index contributed by atoms with van der Waals surface area (Å²) in [6.07, 6.45) is 1.73. The monoisotopic (exact) mass is 566 g/mol. The number of aliphatic carboxylic acids is 1. The molecule has 198 valence electrons. The van der Waals surface area contributed by atoms with Gasteiger partial charge < -0.3 is 21.1 Å². The zero-order valence-corrected chi connectivity index (χ0v) is 22.5. The minimum Gasteiger partial charge on any atom is -0.477 e. The molecule has 0 aromatic carbocycles. The molecule has 13 nitrogen and oxygen atoms in total. The summed E-state index contributed by atoms with van der Waals surface area (Å²) in [5.74, 6) is -1.59. The Balaban J connectivity index is 1.44. The second kappa shape index (κ2) is 12.0. The highest BCUT2D eigenvalue weighted by molar-refractivity contribution is 8.01. The van der Waals surface area contributed by atoms with E-state index < -0.39 is 41.3 Å². The number of nitrogens with one attached hydrogen (secondary N) is 3. The van der Waals surface area contributed by atoms with Gasteiger partial charge in [0.2, 0.25) is 11.1 Å². The molecule has 4 amide bonds. The molecule has 4 N–H and O–H groups in total. The number of carbonyl (C=O) groups excluding carboxylic acids is 3. The number of rotatable bonds is 11. The first-order chi connectivity index (χ1) is 17.8. The molecular formula is C21H26N8O5S3. The highest BCUT2D eigenvalue weighted by atomic mass is 32.2. The largest absolute Gasteiger partial charge is 0.477 e. The number of aromatic nitrogens is 4. The van der Waals surface area contributed by atoms with E-state index in [0.29, 0.717) is 33.7 Å². The molecule has 2 aromatic rings. The summed E-state index contributed by atoms with van der Waals surface area (Å²) in [5.41, 5.74) is 0.492. The van der Waals surface area contributed by atoms with Crippen molar-refractivity contribution in [2.24, 2.45) is 7.05 Å². The van der Waals surface area contributed by atoms with Crippen molar-refractivity contribution >= 4 is 58.7 Å². The Morgan fingerprint density at radius 1 is 1.35 bits per heavy atom. The number of fused-ring (bicyclic) bond motifs is 1. The van der Waals surface area contributed by atoms with Crippen LogP contribution in [-0.4, -0.2) is 83.5 Å². The van der Waals surface area contributed by atoms with Crippen LogP contribution in [0.2, 0.25) is 0 Å². The molecule has 4 rings (SSSR count). The molecule has 1 saturated heterocycles. The van der Waals surface area contributed by atoms with Gasteiger partial charge in [-0.3, -0.25) is 14.5 Å². The third-order valence-corrected chi connectivity index (χ3v) is 9.06. The van der Waals surface area contributed by atoms with Crippen LogP contribution in [0.3, 0.4) is 0 Å². The Hall–Kier alpha value is -3.11. The maximum atomic E-state index is 13.2. The summed E-state index contributed by atoms with van der Waals surface area (Å²) in [6.45, 7) is 2.49. The van der Waals surface area contributed by atoms with Crippen LogP contribution in [0.5, 0.6) is 0 Å². The Bertz CT molecular complexity index is 1200. The van der Waals surface area contributed by atoms with Gasteiger partial charge >= 0.3 is 12.0 Å². The molecule has 0 saturated carbocycles. The Labute approximate surface area is 224 Å². The van der Waals surface area contributed by atoms with Crippen molar-refractivity contribution in [2.45, 2.75) is 42.4 Å². The number of carbonyl (C=O) groups is 4. The number of unbranched alkanes of at least 4 members (excludes halogenated alkanes) is 1. The lowest BCUT2D eigenvalue weighted by Gasteiger charge is -2.49. The number of thiophene rings is 1. The van der Waals surface area contributed by atoms with Crippen molar-refractivity contribution in [3.63, 3.8) is 0 Å². The van der Waals surface area contributed by atoms with E-state index in [4.69, 9.17) is 0 Å². The van der Waals surface area contributed by atoms with Gasteiger partial charge in [0.15, 0.2) is 0 Å². The van der Waals surface area contributed by atoms with E-state index in [2.05, 4.69) is 31.5 Å². The van der Waals surface area contributed by atoms with E-state index in [1.165, 1.54) is 44.4 Å². The van der Waals surface area contributed by atoms with Crippen molar-refractivity contribution in [1.82, 2.24) is 41.1 Å². The highest BCUT2D eigenvalue weighted by Crippen LogP contribution is 2.41. The number of carboxylic acids is 1. The van der Waals surface area contributed by atoms with Crippen LogP contribution >= 0.6 is 34.9 Å². The van der Waals surface area contributed by atoms with Gasteiger partial charge in [-0.15, -0.1) is 28.2 Å². The summed E-state index contributed by atoms with van der Waals surface area (Å²) in [5, 5.41) is 31.0. The standard InChI is InChI=1S/C21H26N8O5S3/c1-3-4-7-22-20(34)24-13(12-6-5-8-35-12)16(30)23-14-17(31)29-15(19(32)33)11(9-36-18(14)29)10-37-21-25-26-27-28(21)2/h5-6,8,13-14,18H,3-4,7,9-10H2,1-2H3,(H,23,30)(H,32,33)(H2,22,24,34)/t13?,14-,18?/m0/s1. The number of thioether (sulfide) groups is 2. The van der Waals surface area contributed by atoms with Crippen LogP contribution < -0.4 is 16.0 Å². The quantitative estimate of drug-likeness (QED) is 0.174. The summed E-state index contributed by atoms with van der Waals surface area (Å²) < 4.78 is 1.48. The number of tetrazole rings is 1. The normalized spacial score (nSPS) is 19.6. The zero-order valence-electron chi connectivity index (χ0n) is 20.0. The highest BCUT2D eigenvalue weighted by Gasteiger charge is 2.54. The Morgan fingerprint density at radius 2 is 2.16 bits per heavy atom. The molecule has 16 heteroatoms. The van der Waals surface area contributed by atoms with Gasteiger partial charge in [-0.25, -0.2) is 14.3 Å². The van der Waals surface area contributed by atoms with Crippen molar-refractivity contribution in [1.29, 1.82) is 0 Å². The van der Waals surface area contributed by atoms with Crippen LogP contribution in [0.15, 0.2) is 33.9 Å². The van der Waals surface area contributed by atoms with Crippen molar-refractivity contribution in [3.05, 3.63) is 33.7 Å². The number of hydrogen-bond donors (Lipinski definition) is 4. The first-order valence-corrected chi connectivity index (χ1v) is 14.4. The SMILES string of the molecule is CCCCNC(=O)NC(C(=O)N[C@H]1C(=O)N2C(C(=O)O)=C(CSc3nnnn3C)CSC12)c1cccs1. The third-order valence-electron chi connectivity index (χ3n) is 5.69. The molecule has 1 fully saturated rings. The molecule has 2 aromatic heterocycles. The van der Waals surface area contributed by atoms with E-state index >= 15 is 0 Å². The van der Waals surface area contributed by atoms with Crippen LogP contribution in [-0.2, 0) is 21.4 Å². The number of amides is 4. The molecule has 0 aliphatic carbocycles. The van der Waals surface area contributed by atoms with Gasteiger partial charge in [-0.1, -0.05) is 31.2 Å². The summed E-state index contributed by atoms with van der Waals surface area (Å²) >= 11 is 3.96. The van der Waals surface area contributed by atoms with E-state index in [9.17, 15) is 24.3 Å². The van der Waals surface area contributed by atoms with Crippen molar-refractivity contribution in [3.8, 4) is 0 Å². The van der Waals surface area contributed by atoms with Crippen LogP contribution in [0.4, 0.5) is 4.79 Å². The summed E-state index contributed by atoms with van der Waals surface area (Å²) in [6, 6.07) is 1.12. The molecule has 3 atom stereocenters. The molecule has 2 aliphatic rings. The molecule has 0 radical (unpaired) electrons. The van der Waals surface area contributed by atoms with Gasteiger partial charge in [-0.05, 0) is 33.9 Å². The molecule has 4 heterocycles. The average Bonchev–Trinajstić information content (AvgIpc) is 3.55. The van der Waals surface area contributed by atoms with E-state index in [-0.39, 0.29) is 5.70 Å². The number of urea groups is 1. The van der Waals surface area contributed by atoms with Gasteiger partial charge in [-0.2, -0.15) is 0 Å². The van der Waals surface area contributed by atoms with Gasteiger partial charge in [0.1, 0.15) is 23.2 Å². The van der Waals surface area contributed by atoms with Crippen LogP contribution in [0.1, 0.15) is 30.7 Å². The maximum absolute atomic E-state index is 13.2. The van der Waals surface area contributed by atoms with Crippen molar-refractivity contribution < 1.29 is 24.3 Å². The van der Waals surface area contributed by atoms with Crippen molar-refractivity contribution in [2.75, 3.05) is 18.1 Å². The molecule has 37 heavy (non-hydrogen) atoms. The minimum atomic E-state index is -1.21. The average molecular weight is 567 g/mol. The second-order valence-electron chi connectivity index (χ2n) is 8.23. The van der Waals surface area contributed by atoms with Gasteiger partial charge in [0, 0.05) is 30.0 Å². The van der Waals surface area contributed by atoms with E-state index in [0.717, 1.165) is 12.8 Å². The fourth-order valence-electron chi connectivity index (χ4n) is 3.81. The lowest BCUT2D eigenvalue weighted by Crippen LogP contribution is -2.71. The first kappa shape index (κ1) is 26.9. The predicted molar refractivity (Wildman–Crippen MR) is 138 cm³/mol. The Kier molecular flexibility index (Phi) is 8.71. The topological polar surface area (TPSA) is 171 Å². The summed E-state index contributed by atoms with van der Waals surface area (Å²) in [7, 11) is 1.68. The number of aryl methyl sites for hydroxylation is 1. The lowest BCUT2D eigenvalue weighted by atomic mass is 10.0. The second-order valence-corrected chi connectivity index (χ2v) is 11.3. The third kappa shape index (κ3) is 5.91. The Morgan fingerprint density at radius 3 is 2.81 bits per heavy atom. The number of nitrogens with zero attached hydrogens (tertiary/aromatic N) is 5. The molecule has 2 unspecified atom stereocenters. The molecule has 2 aliphatic heterocycles. The number of hydrogen-bond acceptors (Lipinski definition) is 10. The minimum absolute atomic E-state index is 0.0786. The number of carboxylic acid groups (broad SMARTS) is 1. The number of β-lactam (4-membered cyclic amide) rings is 1. The predicted octanol–water partition coefficient (Wildman–Crippen LogP) is 0.943. The lowest BCUT2D eigenvalue weighted by molar-refractivity contribution is -0.150. The fourth-order valence-corrected chi connectivity index (χ4v) is 6.92. The molecule has 0 bridgehead atoms. The zero-order chi connectivity index (χ0) is 26.5. The molecular weight excluding hydrogens is 540 g/mol. The summed E-state index contributed by atoms with van der Waals surface area (Å²) in [4.78, 5) is 52.5. The van der Waals surface area contributed by atoms with E-state index in [1.807, 2.05) is 6.92 Å².